The number of aryl methyl sites for hydroxylation is 1. The highest BCUT2D eigenvalue weighted by molar-refractivity contribution is 9.10. The van der Waals surface area contributed by atoms with Crippen LogP contribution in [-0.2, 0) is 0 Å². The second-order valence-electron chi connectivity index (χ2n) is 7.19. The van der Waals surface area contributed by atoms with Crippen LogP contribution in [0, 0.1) is 6.92 Å². The summed E-state index contributed by atoms with van der Waals surface area (Å²) < 4.78 is 8.39. The quantitative estimate of drug-likeness (QED) is 0.268. The summed E-state index contributed by atoms with van der Waals surface area (Å²) in [6, 6.07) is 27.5. The largest absolute Gasteiger partial charge is 0.496 e. The monoisotopic (exact) mass is 487 g/mol. The summed E-state index contributed by atoms with van der Waals surface area (Å²) in [6.07, 6.45) is 1.56. The van der Waals surface area contributed by atoms with Gasteiger partial charge in [0.05, 0.1) is 19.0 Å². The second kappa shape index (κ2) is 9.66. The van der Waals surface area contributed by atoms with Gasteiger partial charge in [0, 0.05) is 27.0 Å². The van der Waals surface area contributed by atoms with E-state index in [1.54, 1.807) is 25.5 Å². The first-order chi connectivity index (χ1) is 15.6. The number of aromatic nitrogens is 1. The van der Waals surface area contributed by atoms with Crippen molar-refractivity contribution in [3.63, 3.8) is 0 Å². The highest BCUT2D eigenvalue weighted by Crippen LogP contribution is 2.26. The van der Waals surface area contributed by atoms with Gasteiger partial charge in [0.15, 0.2) is 0 Å². The highest BCUT2D eigenvalue weighted by Gasteiger charge is 2.11. The van der Waals surface area contributed by atoms with Crippen LogP contribution in [-0.4, -0.2) is 23.8 Å². The number of hydrogen-bond acceptors (Lipinski definition) is 3. The average molecular weight is 488 g/mol. The molecule has 0 atom stereocenters. The van der Waals surface area contributed by atoms with Crippen LogP contribution >= 0.6 is 15.9 Å². The predicted octanol–water partition coefficient (Wildman–Crippen LogP) is 5.99. The van der Waals surface area contributed by atoms with Gasteiger partial charge < -0.3 is 9.30 Å². The number of nitrogens with one attached hydrogen (secondary N) is 1. The number of carbonyl (C=O) groups excluding carboxylic acids is 1. The van der Waals surface area contributed by atoms with Crippen LogP contribution < -0.4 is 10.2 Å². The lowest BCUT2D eigenvalue weighted by Gasteiger charge is -2.12. The fraction of sp³-hybridized carbons (Fsp3) is 0.0769. The number of ether oxygens (including phenoxy) is 1. The molecule has 1 amide bonds. The predicted molar refractivity (Wildman–Crippen MR) is 132 cm³/mol. The number of rotatable bonds is 6. The fourth-order valence-corrected chi connectivity index (χ4v) is 3.89. The summed E-state index contributed by atoms with van der Waals surface area (Å²) in [4.78, 5) is 12.5. The number of methoxy groups -OCH3 is 1. The number of amides is 1. The van der Waals surface area contributed by atoms with Crippen molar-refractivity contribution in [2.24, 2.45) is 5.10 Å². The third kappa shape index (κ3) is 4.65. The van der Waals surface area contributed by atoms with E-state index < -0.39 is 0 Å². The maximum atomic E-state index is 12.5. The van der Waals surface area contributed by atoms with E-state index in [2.05, 4.69) is 62.2 Å². The van der Waals surface area contributed by atoms with E-state index >= 15 is 0 Å². The molecule has 0 radical (unpaired) electrons. The van der Waals surface area contributed by atoms with E-state index in [4.69, 9.17) is 4.74 Å². The van der Waals surface area contributed by atoms with E-state index in [1.165, 1.54) is 0 Å². The zero-order valence-corrected chi connectivity index (χ0v) is 19.3. The number of hydrazone groups is 1. The zero-order chi connectivity index (χ0) is 22.5. The smallest absolute Gasteiger partial charge is 0.271 e. The maximum absolute atomic E-state index is 12.5. The Labute approximate surface area is 195 Å². The molecule has 5 nitrogen and oxygen atoms in total. The van der Waals surface area contributed by atoms with Gasteiger partial charge in [-0.2, -0.15) is 5.10 Å². The van der Waals surface area contributed by atoms with Gasteiger partial charge in [-0.15, -0.1) is 0 Å². The van der Waals surface area contributed by atoms with Crippen molar-refractivity contribution >= 4 is 28.1 Å². The lowest BCUT2D eigenvalue weighted by molar-refractivity contribution is 0.0955. The Morgan fingerprint density at radius 1 is 1.00 bits per heavy atom. The Hall–Kier alpha value is -3.64. The van der Waals surface area contributed by atoms with Gasteiger partial charge in [-0.1, -0.05) is 46.3 Å². The van der Waals surface area contributed by atoms with Crippen LogP contribution in [0.1, 0.15) is 21.6 Å². The molecule has 0 aliphatic carbocycles. The summed E-state index contributed by atoms with van der Waals surface area (Å²) >= 11 is 3.42. The Morgan fingerprint density at radius 2 is 1.75 bits per heavy atom. The molecule has 4 rings (SSSR count). The molecule has 0 saturated heterocycles. The topological polar surface area (TPSA) is 55.6 Å². The standard InChI is InChI=1S/C26H22BrN3O2/c1-18-8-14-24(19-6-4-3-5-7-19)30(18)23-12-9-20(10-13-23)26(31)29-28-17-21-16-22(27)11-15-25(21)32-2/h3-17H,1-2H3,(H,29,31)/b28-17+. The molecule has 0 bridgehead atoms. The summed E-state index contributed by atoms with van der Waals surface area (Å²) in [5.41, 5.74) is 8.21. The van der Waals surface area contributed by atoms with E-state index in [-0.39, 0.29) is 5.91 Å². The minimum absolute atomic E-state index is 0.283. The van der Waals surface area contributed by atoms with Gasteiger partial charge >= 0.3 is 0 Å². The minimum atomic E-state index is -0.283. The summed E-state index contributed by atoms with van der Waals surface area (Å²) in [5, 5.41) is 4.08. The summed E-state index contributed by atoms with van der Waals surface area (Å²) in [6.45, 7) is 2.07. The maximum Gasteiger partial charge on any atom is 0.271 e. The zero-order valence-electron chi connectivity index (χ0n) is 17.7. The molecule has 1 N–H and O–H groups in total. The lowest BCUT2D eigenvalue weighted by Crippen LogP contribution is -2.17. The molecule has 0 unspecified atom stereocenters. The van der Waals surface area contributed by atoms with Gasteiger partial charge in [0.1, 0.15) is 5.75 Å². The van der Waals surface area contributed by atoms with Crippen LogP contribution in [0.5, 0.6) is 5.75 Å². The van der Waals surface area contributed by atoms with Crippen LogP contribution in [0.4, 0.5) is 0 Å². The van der Waals surface area contributed by atoms with E-state index in [0.29, 0.717) is 11.3 Å². The van der Waals surface area contributed by atoms with Crippen molar-refractivity contribution < 1.29 is 9.53 Å². The summed E-state index contributed by atoms with van der Waals surface area (Å²) in [7, 11) is 1.59. The van der Waals surface area contributed by atoms with Crippen molar-refractivity contribution in [2.75, 3.05) is 7.11 Å². The Balaban J connectivity index is 1.51. The Kier molecular flexibility index (Phi) is 6.52. The number of benzene rings is 3. The molecule has 1 heterocycles. The minimum Gasteiger partial charge on any atom is -0.496 e. The molecule has 1 aromatic heterocycles. The molecule has 4 aromatic rings. The third-order valence-corrected chi connectivity index (χ3v) is 5.59. The van der Waals surface area contributed by atoms with Gasteiger partial charge in [-0.25, -0.2) is 5.43 Å². The summed E-state index contributed by atoms with van der Waals surface area (Å²) in [5.74, 6) is 0.390. The molecular weight excluding hydrogens is 466 g/mol. The van der Waals surface area contributed by atoms with Crippen molar-refractivity contribution in [3.8, 4) is 22.7 Å². The lowest BCUT2D eigenvalue weighted by atomic mass is 10.1. The SMILES string of the molecule is COc1ccc(Br)cc1/C=N/NC(=O)c1ccc(-n2c(C)ccc2-c2ccccc2)cc1. The van der Waals surface area contributed by atoms with Crippen LogP contribution in [0.25, 0.3) is 16.9 Å². The van der Waals surface area contributed by atoms with Crippen molar-refractivity contribution in [1.82, 2.24) is 9.99 Å². The van der Waals surface area contributed by atoms with E-state index in [1.807, 2.05) is 48.5 Å². The molecule has 160 valence electrons. The van der Waals surface area contributed by atoms with Crippen molar-refractivity contribution in [3.05, 3.63) is 106 Å². The average Bonchev–Trinajstić information content (AvgIpc) is 3.21. The van der Waals surface area contributed by atoms with Crippen LogP contribution in [0.2, 0.25) is 0 Å². The first-order valence-corrected chi connectivity index (χ1v) is 10.9. The first kappa shape index (κ1) is 21.6. The van der Waals surface area contributed by atoms with Gasteiger partial charge in [0.2, 0.25) is 0 Å². The normalized spacial score (nSPS) is 11.0. The molecular formula is C26H22BrN3O2. The number of halogens is 1. The molecule has 0 saturated carbocycles. The van der Waals surface area contributed by atoms with Gasteiger partial charge in [-0.05, 0) is 67.1 Å². The van der Waals surface area contributed by atoms with E-state index in [0.717, 1.165) is 32.7 Å². The Morgan fingerprint density at radius 3 is 2.47 bits per heavy atom. The highest BCUT2D eigenvalue weighted by atomic mass is 79.9. The molecule has 0 aliphatic rings. The van der Waals surface area contributed by atoms with Crippen LogP contribution in [0.3, 0.4) is 0 Å². The molecule has 32 heavy (non-hydrogen) atoms. The number of nitrogens with zero attached hydrogens (tertiary/aromatic N) is 2. The van der Waals surface area contributed by atoms with E-state index in [9.17, 15) is 4.79 Å². The molecule has 0 aliphatic heterocycles. The molecule has 0 fully saturated rings. The Bertz CT molecular complexity index is 1260. The molecule has 0 spiro atoms. The first-order valence-electron chi connectivity index (χ1n) is 10.1. The fourth-order valence-electron chi connectivity index (χ4n) is 3.51. The van der Waals surface area contributed by atoms with Gasteiger partial charge in [0.25, 0.3) is 5.91 Å². The van der Waals surface area contributed by atoms with Crippen molar-refractivity contribution in [1.29, 1.82) is 0 Å². The van der Waals surface area contributed by atoms with Crippen LogP contribution in [0.15, 0.2) is 94.5 Å². The third-order valence-electron chi connectivity index (χ3n) is 5.09. The molecule has 3 aromatic carbocycles. The van der Waals surface area contributed by atoms with Crippen molar-refractivity contribution in [2.45, 2.75) is 6.92 Å². The second-order valence-corrected chi connectivity index (χ2v) is 8.11. The van der Waals surface area contributed by atoms with Gasteiger partial charge in [-0.3, -0.25) is 4.79 Å². The number of hydrogen-bond donors (Lipinski definition) is 1. The number of carbonyl (C=O) groups is 1. The molecule has 6 heteroatoms.